The number of aromatic nitrogens is 2. The Kier molecular flexibility index (Phi) is 7.03. The molecule has 4 rings (SSSR count). The average Bonchev–Trinajstić information content (AvgIpc) is 2.94. The molecule has 1 aromatic heterocycles. The van der Waals surface area contributed by atoms with Crippen LogP contribution in [0.3, 0.4) is 0 Å². The summed E-state index contributed by atoms with van der Waals surface area (Å²) in [5, 5.41) is 14.4. The minimum Gasteiger partial charge on any atom is -0.298 e. The van der Waals surface area contributed by atoms with Gasteiger partial charge >= 0.3 is 0 Å². The normalized spacial score (nSPS) is 15.5. The van der Waals surface area contributed by atoms with Crippen molar-refractivity contribution < 1.29 is 0 Å². The van der Waals surface area contributed by atoms with E-state index in [9.17, 15) is 0 Å². The third-order valence-corrected chi connectivity index (χ3v) is 6.33. The predicted octanol–water partition coefficient (Wildman–Crippen LogP) is 4.47. The van der Waals surface area contributed by atoms with Gasteiger partial charge in [-0.2, -0.15) is 10.4 Å². The molecule has 0 amide bonds. The van der Waals surface area contributed by atoms with Crippen LogP contribution < -0.4 is 0 Å². The molecule has 2 heterocycles. The Bertz CT molecular complexity index is 1040. The standard InChI is InChI=1S/C25H28ClN5/c1-20-24(25(26)31(28-20)18-22-6-3-2-4-7-22)19-30-13-5-12-29(14-15-30)17-23-10-8-21(16-27)9-11-23/h2-4,6-11H,5,12-15,17-19H2,1H3. The van der Waals surface area contributed by atoms with Crippen LogP contribution in [-0.4, -0.2) is 45.8 Å². The molecule has 5 nitrogen and oxygen atoms in total. The fourth-order valence-corrected chi connectivity index (χ4v) is 4.43. The molecular weight excluding hydrogens is 406 g/mol. The molecule has 1 aliphatic rings. The van der Waals surface area contributed by atoms with E-state index in [0.29, 0.717) is 12.1 Å². The topological polar surface area (TPSA) is 48.1 Å². The van der Waals surface area contributed by atoms with E-state index < -0.39 is 0 Å². The summed E-state index contributed by atoms with van der Waals surface area (Å²) in [6, 6.07) is 20.4. The lowest BCUT2D eigenvalue weighted by Crippen LogP contribution is -2.30. The lowest BCUT2D eigenvalue weighted by Gasteiger charge is -2.22. The third kappa shape index (κ3) is 5.54. The van der Waals surface area contributed by atoms with Crippen LogP contribution in [0.5, 0.6) is 0 Å². The van der Waals surface area contributed by atoms with Gasteiger partial charge < -0.3 is 0 Å². The van der Waals surface area contributed by atoms with Crippen LogP contribution in [0.15, 0.2) is 54.6 Å². The van der Waals surface area contributed by atoms with E-state index in [1.165, 1.54) is 11.1 Å². The Morgan fingerprint density at radius 1 is 0.871 bits per heavy atom. The Balaban J connectivity index is 1.36. The van der Waals surface area contributed by atoms with Crippen LogP contribution in [0.1, 0.15) is 34.4 Å². The fraction of sp³-hybridized carbons (Fsp3) is 0.360. The van der Waals surface area contributed by atoms with Crippen LogP contribution in [0, 0.1) is 18.3 Å². The molecule has 6 heteroatoms. The molecule has 1 saturated heterocycles. The Morgan fingerprint density at radius 2 is 1.52 bits per heavy atom. The van der Waals surface area contributed by atoms with E-state index in [0.717, 1.165) is 62.1 Å². The SMILES string of the molecule is Cc1nn(Cc2ccccc2)c(Cl)c1CN1CCCN(Cc2ccc(C#N)cc2)CC1. The Morgan fingerprint density at radius 3 is 2.19 bits per heavy atom. The first-order valence-electron chi connectivity index (χ1n) is 10.8. The molecule has 0 aliphatic carbocycles. The molecule has 0 radical (unpaired) electrons. The molecule has 1 aliphatic heterocycles. The number of halogens is 1. The van der Waals surface area contributed by atoms with Crippen molar-refractivity contribution in [1.29, 1.82) is 5.26 Å². The highest BCUT2D eigenvalue weighted by Gasteiger charge is 2.20. The van der Waals surface area contributed by atoms with E-state index in [2.05, 4.69) is 47.1 Å². The van der Waals surface area contributed by atoms with Gasteiger partial charge in [0.2, 0.25) is 0 Å². The maximum Gasteiger partial charge on any atom is 0.132 e. The fourth-order valence-electron chi connectivity index (χ4n) is 4.14. The van der Waals surface area contributed by atoms with Crippen molar-refractivity contribution in [2.24, 2.45) is 0 Å². The van der Waals surface area contributed by atoms with E-state index in [1.807, 2.05) is 35.0 Å². The molecular formula is C25H28ClN5. The summed E-state index contributed by atoms with van der Waals surface area (Å²) in [4.78, 5) is 4.98. The van der Waals surface area contributed by atoms with E-state index in [-0.39, 0.29) is 0 Å². The first-order valence-corrected chi connectivity index (χ1v) is 11.2. The van der Waals surface area contributed by atoms with E-state index in [1.54, 1.807) is 0 Å². The number of nitrogens with zero attached hydrogens (tertiary/aromatic N) is 5. The molecule has 1 fully saturated rings. The highest BCUT2D eigenvalue weighted by molar-refractivity contribution is 6.30. The molecule has 0 bridgehead atoms. The maximum absolute atomic E-state index is 8.97. The van der Waals surface area contributed by atoms with Crippen molar-refractivity contribution >= 4 is 11.6 Å². The van der Waals surface area contributed by atoms with Crippen molar-refractivity contribution in [3.63, 3.8) is 0 Å². The van der Waals surface area contributed by atoms with Gasteiger partial charge in [0.25, 0.3) is 0 Å². The Labute approximate surface area is 189 Å². The number of aryl methyl sites for hydroxylation is 1. The van der Waals surface area contributed by atoms with Gasteiger partial charge in [-0.05, 0) is 49.7 Å². The molecule has 31 heavy (non-hydrogen) atoms. The lowest BCUT2D eigenvalue weighted by molar-refractivity contribution is 0.247. The van der Waals surface area contributed by atoms with E-state index >= 15 is 0 Å². The third-order valence-electron chi connectivity index (χ3n) is 5.91. The molecule has 0 saturated carbocycles. The van der Waals surface area contributed by atoms with Gasteiger partial charge in [-0.25, -0.2) is 4.68 Å². The van der Waals surface area contributed by atoms with Gasteiger partial charge in [-0.15, -0.1) is 0 Å². The minimum atomic E-state index is 0.693. The lowest BCUT2D eigenvalue weighted by atomic mass is 10.1. The van der Waals surface area contributed by atoms with Crippen LogP contribution >= 0.6 is 11.6 Å². The highest BCUT2D eigenvalue weighted by Crippen LogP contribution is 2.23. The molecule has 0 spiro atoms. The smallest absolute Gasteiger partial charge is 0.132 e. The zero-order chi connectivity index (χ0) is 21.6. The highest BCUT2D eigenvalue weighted by atomic mass is 35.5. The van der Waals surface area contributed by atoms with Crippen LogP contribution in [-0.2, 0) is 19.6 Å². The van der Waals surface area contributed by atoms with Crippen molar-refractivity contribution in [3.8, 4) is 6.07 Å². The number of hydrogen-bond donors (Lipinski definition) is 0. The number of rotatable bonds is 6. The monoisotopic (exact) mass is 433 g/mol. The second kappa shape index (κ2) is 10.1. The van der Waals surface area contributed by atoms with Crippen LogP contribution in [0.2, 0.25) is 5.15 Å². The number of hydrogen-bond acceptors (Lipinski definition) is 4. The van der Waals surface area contributed by atoms with Crippen LogP contribution in [0.4, 0.5) is 0 Å². The van der Waals surface area contributed by atoms with Gasteiger partial charge in [-0.3, -0.25) is 9.80 Å². The number of benzene rings is 2. The maximum atomic E-state index is 8.97. The summed E-state index contributed by atoms with van der Waals surface area (Å²) < 4.78 is 1.91. The quantitative estimate of drug-likeness (QED) is 0.575. The molecule has 0 unspecified atom stereocenters. The zero-order valence-corrected chi connectivity index (χ0v) is 18.7. The second-order valence-corrected chi connectivity index (χ2v) is 8.57. The van der Waals surface area contributed by atoms with Gasteiger partial charge in [0.1, 0.15) is 5.15 Å². The average molecular weight is 434 g/mol. The van der Waals surface area contributed by atoms with Gasteiger partial charge in [0, 0.05) is 31.7 Å². The summed E-state index contributed by atoms with van der Waals surface area (Å²) in [6.45, 7) is 8.68. The molecule has 0 atom stereocenters. The second-order valence-electron chi connectivity index (χ2n) is 8.21. The molecule has 3 aromatic rings. The summed E-state index contributed by atoms with van der Waals surface area (Å²) in [7, 11) is 0. The molecule has 0 N–H and O–H groups in total. The van der Waals surface area contributed by atoms with Crippen molar-refractivity contribution in [2.45, 2.75) is 33.0 Å². The summed E-state index contributed by atoms with van der Waals surface area (Å²) >= 11 is 6.74. The van der Waals surface area contributed by atoms with Crippen LogP contribution in [0.25, 0.3) is 0 Å². The summed E-state index contributed by atoms with van der Waals surface area (Å²) in [6.07, 6.45) is 1.13. The molecule has 160 valence electrons. The van der Waals surface area contributed by atoms with Gasteiger partial charge in [0.05, 0.1) is 23.9 Å². The predicted molar refractivity (Wildman–Crippen MR) is 124 cm³/mol. The first-order chi connectivity index (χ1) is 15.1. The van der Waals surface area contributed by atoms with Crippen molar-refractivity contribution in [3.05, 3.63) is 87.7 Å². The largest absolute Gasteiger partial charge is 0.298 e. The first kappa shape index (κ1) is 21.6. The zero-order valence-electron chi connectivity index (χ0n) is 18.0. The van der Waals surface area contributed by atoms with E-state index in [4.69, 9.17) is 22.0 Å². The van der Waals surface area contributed by atoms with Crippen molar-refractivity contribution in [1.82, 2.24) is 19.6 Å². The number of nitriles is 1. The minimum absolute atomic E-state index is 0.693. The Hall–Kier alpha value is -2.65. The van der Waals surface area contributed by atoms with Gasteiger partial charge in [-0.1, -0.05) is 54.1 Å². The van der Waals surface area contributed by atoms with Crippen molar-refractivity contribution in [2.75, 3.05) is 26.2 Å². The van der Waals surface area contributed by atoms with Gasteiger partial charge in [0.15, 0.2) is 0 Å². The summed E-state index contributed by atoms with van der Waals surface area (Å²) in [5.74, 6) is 0. The molecule has 2 aromatic carbocycles. The summed E-state index contributed by atoms with van der Waals surface area (Å²) in [5.41, 5.74) is 5.32.